The molecule has 5 rings (SSSR count). The number of nitrogen functional groups attached to an aromatic ring is 1. The van der Waals surface area contributed by atoms with Crippen molar-refractivity contribution in [1.82, 2.24) is 15.0 Å². The normalized spacial score (nSPS) is 10.7. The summed E-state index contributed by atoms with van der Waals surface area (Å²) in [5.41, 5.74) is 9.21. The molecule has 0 aliphatic rings. The molecule has 0 saturated carbocycles. The molecule has 0 radical (unpaired) electrons. The van der Waals surface area contributed by atoms with Gasteiger partial charge in [-0.15, -0.1) is 0 Å². The van der Waals surface area contributed by atoms with Crippen LogP contribution >= 0.6 is 0 Å². The largest absolute Gasteiger partial charge is 0.455 e. The maximum Gasteiger partial charge on any atom is 0.164 e. The van der Waals surface area contributed by atoms with Crippen LogP contribution in [-0.2, 0) is 0 Å². The van der Waals surface area contributed by atoms with E-state index in [0.29, 0.717) is 45.8 Å². The van der Waals surface area contributed by atoms with E-state index in [1.165, 1.54) is 24.3 Å². The molecule has 4 aromatic carbocycles. The van der Waals surface area contributed by atoms with E-state index < -0.39 is 0 Å². The van der Waals surface area contributed by atoms with Gasteiger partial charge in [-0.3, -0.25) is 0 Å². The number of hydrogen-bond acceptors (Lipinski definition) is 5. The lowest BCUT2D eigenvalue weighted by molar-refractivity contribution is 0.519. The van der Waals surface area contributed by atoms with Crippen molar-refractivity contribution in [3.63, 3.8) is 0 Å². The first-order valence-electron chi connectivity index (χ1n) is 11.1. The smallest absolute Gasteiger partial charge is 0.164 e. The van der Waals surface area contributed by atoms with Crippen LogP contribution in [0.15, 0.2) is 104 Å². The van der Waals surface area contributed by atoms with Crippen LogP contribution in [0.2, 0.25) is 0 Å². The van der Waals surface area contributed by atoms with Crippen molar-refractivity contribution in [1.29, 1.82) is 0 Å². The molecular formula is C29H20F2N4O. The van der Waals surface area contributed by atoms with Gasteiger partial charge in [0.15, 0.2) is 17.5 Å². The zero-order valence-electron chi connectivity index (χ0n) is 19.0. The predicted molar refractivity (Wildman–Crippen MR) is 137 cm³/mol. The van der Waals surface area contributed by atoms with Gasteiger partial charge < -0.3 is 10.5 Å². The summed E-state index contributed by atoms with van der Waals surface area (Å²) in [6.45, 7) is 4.01. The second kappa shape index (κ2) is 9.76. The Morgan fingerprint density at radius 3 is 1.47 bits per heavy atom. The molecule has 5 aromatic rings. The van der Waals surface area contributed by atoms with Crippen molar-refractivity contribution in [2.45, 2.75) is 0 Å². The SMILES string of the molecule is C=C(Oc1ccccc1N)c1ccc(-c2nc(-c3ccc(F)cc3)nc(-c3ccc(F)cc3)n2)cc1. The number of para-hydroxylation sites is 2. The summed E-state index contributed by atoms with van der Waals surface area (Å²) in [7, 11) is 0. The van der Waals surface area contributed by atoms with E-state index in [-0.39, 0.29) is 11.6 Å². The molecule has 2 N–H and O–H groups in total. The zero-order valence-corrected chi connectivity index (χ0v) is 19.0. The molecule has 0 aliphatic heterocycles. The van der Waals surface area contributed by atoms with Gasteiger partial charge in [0.1, 0.15) is 23.1 Å². The summed E-state index contributed by atoms with van der Waals surface area (Å²) in [5.74, 6) is 1.40. The third kappa shape index (κ3) is 4.95. The first-order chi connectivity index (χ1) is 17.5. The highest BCUT2D eigenvalue weighted by molar-refractivity contribution is 5.69. The van der Waals surface area contributed by atoms with Gasteiger partial charge in [0.2, 0.25) is 0 Å². The lowest BCUT2D eigenvalue weighted by Gasteiger charge is -2.12. The fourth-order valence-electron chi connectivity index (χ4n) is 3.53. The summed E-state index contributed by atoms with van der Waals surface area (Å²) < 4.78 is 32.8. The van der Waals surface area contributed by atoms with Gasteiger partial charge in [-0.25, -0.2) is 23.7 Å². The van der Waals surface area contributed by atoms with Crippen LogP contribution in [0.25, 0.3) is 39.9 Å². The van der Waals surface area contributed by atoms with E-state index in [2.05, 4.69) is 21.5 Å². The summed E-state index contributed by atoms with van der Waals surface area (Å²) in [4.78, 5) is 13.8. The number of hydrogen-bond donors (Lipinski definition) is 1. The van der Waals surface area contributed by atoms with Crippen molar-refractivity contribution in [3.05, 3.63) is 121 Å². The Kier molecular flexibility index (Phi) is 6.19. The molecule has 176 valence electrons. The monoisotopic (exact) mass is 478 g/mol. The maximum atomic E-state index is 13.5. The third-order valence-corrected chi connectivity index (χ3v) is 5.46. The fraction of sp³-hybridized carbons (Fsp3) is 0. The van der Waals surface area contributed by atoms with E-state index in [1.807, 2.05) is 36.4 Å². The lowest BCUT2D eigenvalue weighted by Crippen LogP contribution is -2.01. The van der Waals surface area contributed by atoms with Crippen LogP contribution in [0, 0.1) is 11.6 Å². The summed E-state index contributed by atoms with van der Waals surface area (Å²) >= 11 is 0. The average Bonchev–Trinajstić information content (AvgIpc) is 2.90. The maximum absolute atomic E-state index is 13.5. The number of nitrogens with zero attached hydrogens (tertiary/aromatic N) is 3. The third-order valence-electron chi connectivity index (χ3n) is 5.46. The second-order valence-corrected chi connectivity index (χ2v) is 7.96. The van der Waals surface area contributed by atoms with E-state index in [9.17, 15) is 8.78 Å². The molecule has 0 amide bonds. The highest BCUT2D eigenvalue weighted by Gasteiger charge is 2.13. The molecule has 1 aromatic heterocycles. The fourth-order valence-corrected chi connectivity index (χ4v) is 3.53. The molecule has 0 spiro atoms. The van der Waals surface area contributed by atoms with Crippen LogP contribution < -0.4 is 10.5 Å². The Labute approximate surface area is 206 Å². The number of ether oxygens (including phenoxy) is 1. The van der Waals surface area contributed by atoms with Crippen LogP contribution in [0.3, 0.4) is 0 Å². The number of rotatable bonds is 6. The first kappa shape index (κ1) is 22.9. The van der Waals surface area contributed by atoms with Gasteiger partial charge >= 0.3 is 0 Å². The minimum atomic E-state index is -0.359. The second-order valence-electron chi connectivity index (χ2n) is 7.96. The Hall–Kier alpha value is -4.91. The molecule has 0 bridgehead atoms. The predicted octanol–water partition coefficient (Wildman–Crippen LogP) is 6.78. The molecule has 5 nitrogen and oxygen atoms in total. The molecule has 0 atom stereocenters. The zero-order chi connectivity index (χ0) is 25.1. The number of benzene rings is 4. The number of nitrogens with two attached hydrogens (primary N) is 1. The Morgan fingerprint density at radius 1 is 0.611 bits per heavy atom. The van der Waals surface area contributed by atoms with Gasteiger partial charge in [-0.05, 0) is 60.7 Å². The summed E-state index contributed by atoms with van der Waals surface area (Å²) in [6.07, 6.45) is 0. The highest BCUT2D eigenvalue weighted by Crippen LogP contribution is 2.28. The quantitative estimate of drug-likeness (QED) is 0.215. The lowest BCUT2D eigenvalue weighted by atomic mass is 10.1. The molecule has 0 unspecified atom stereocenters. The Balaban J connectivity index is 1.50. The first-order valence-corrected chi connectivity index (χ1v) is 11.1. The van der Waals surface area contributed by atoms with Crippen molar-refractivity contribution < 1.29 is 13.5 Å². The molecule has 36 heavy (non-hydrogen) atoms. The standard InChI is InChI=1S/C29H20F2N4O/c1-18(36-26-5-3-2-4-25(26)32)19-6-8-20(9-7-19)27-33-28(21-10-14-23(30)15-11-21)35-29(34-27)22-12-16-24(31)17-13-22/h2-17H,1,32H2. The number of aromatic nitrogens is 3. The minimum absolute atomic E-state index is 0.359. The molecule has 0 aliphatic carbocycles. The van der Waals surface area contributed by atoms with Crippen LogP contribution in [0.1, 0.15) is 5.56 Å². The highest BCUT2D eigenvalue weighted by atomic mass is 19.1. The van der Waals surface area contributed by atoms with Gasteiger partial charge in [-0.2, -0.15) is 0 Å². The van der Waals surface area contributed by atoms with Crippen molar-refractivity contribution in [2.75, 3.05) is 5.73 Å². The summed E-state index contributed by atoms with van der Waals surface area (Å²) in [5, 5.41) is 0. The number of anilines is 1. The van der Waals surface area contributed by atoms with Gasteiger partial charge in [0.25, 0.3) is 0 Å². The van der Waals surface area contributed by atoms with Crippen molar-refractivity contribution in [3.8, 4) is 39.9 Å². The van der Waals surface area contributed by atoms with Gasteiger partial charge in [0.05, 0.1) is 5.69 Å². The Bertz CT molecular complexity index is 1470. The van der Waals surface area contributed by atoms with Gasteiger partial charge in [0, 0.05) is 22.3 Å². The van der Waals surface area contributed by atoms with Crippen LogP contribution in [0.4, 0.5) is 14.5 Å². The molecule has 1 heterocycles. The van der Waals surface area contributed by atoms with Crippen molar-refractivity contribution in [2.24, 2.45) is 0 Å². The van der Waals surface area contributed by atoms with Crippen molar-refractivity contribution >= 4 is 11.4 Å². The van der Waals surface area contributed by atoms with E-state index in [1.54, 1.807) is 36.4 Å². The molecule has 7 heteroatoms. The van der Waals surface area contributed by atoms with Crippen LogP contribution in [-0.4, -0.2) is 15.0 Å². The Morgan fingerprint density at radius 2 is 1.03 bits per heavy atom. The average molecular weight is 479 g/mol. The molecular weight excluding hydrogens is 458 g/mol. The van der Waals surface area contributed by atoms with E-state index in [4.69, 9.17) is 10.5 Å². The van der Waals surface area contributed by atoms with Crippen LogP contribution in [0.5, 0.6) is 5.75 Å². The van der Waals surface area contributed by atoms with Gasteiger partial charge in [-0.1, -0.05) is 43.0 Å². The molecule has 0 saturated heterocycles. The number of halogens is 2. The minimum Gasteiger partial charge on any atom is -0.455 e. The summed E-state index contributed by atoms with van der Waals surface area (Å²) in [6, 6.07) is 26.3. The molecule has 0 fully saturated rings. The van der Waals surface area contributed by atoms with E-state index in [0.717, 1.165) is 11.1 Å². The topological polar surface area (TPSA) is 73.9 Å². The van der Waals surface area contributed by atoms with E-state index >= 15 is 0 Å².